The van der Waals surface area contributed by atoms with Crippen molar-refractivity contribution in [2.45, 2.75) is 65.0 Å². The largest absolute Gasteiger partial charge is 0.311 e. The maximum atomic E-state index is 3.85. The van der Waals surface area contributed by atoms with E-state index in [-0.39, 0.29) is 0 Å². The Morgan fingerprint density at radius 2 is 1.88 bits per heavy atom. The molecule has 2 heteroatoms. The third-order valence-corrected chi connectivity index (χ3v) is 4.21. The molecule has 1 N–H and O–H groups in total. The molecule has 0 aromatic rings. The Morgan fingerprint density at radius 3 is 2.50 bits per heavy atom. The summed E-state index contributed by atoms with van der Waals surface area (Å²) in [6.45, 7) is 9.53. The van der Waals surface area contributed by atoms with Crippen LogP contribution in [-0.4, -0.2) is 37.1 Å². The zero-order valence-electron chi connectivity index (χ0n) is 11.6. The van der Waals surface area contributed by atoms with Crippen molar-refractivity contribution in [3.8, 4) is 0 Å². The Kier molecular flexibility index (Phi) is 6.37. The first-order valence-corrected chi connectivity index (χ1v) is 7.11. The Balaban J connectivity index is 2.34. The highest BCUT2D eigenvalue weighted by Gasteiger charge is 2.19. The molecular weight excluding hydrogens is 196 g/mol. The van der Waals surface area contributed by atoms with E-state index in [0.717, 1.165) is 12.0 Å². The second kappa shape index (κ2) is 7.29. The lowest BCUT2D eigenvalue weighted by molar-refractivity contribution is 0.301. The number of likely N-dealkylation sites (tertiary alicyclic amines) is 1. The van der Waals surface area contributed by atoms with E-state index in [0.29, 0.717) is 6.04 Å². The van der Waals surface area contributed by atoms with E-state index in [1.165, 1.54) is 45.2 Å². The topological polar surface area (TPSA) is 15.3 Å². The average Bonchev–Trinajstić information content (AvgIpc) is 2.46. The van der Waals surface area contributed by atoms with Crippen LogP contribution >= 0.6 is 0 Å². The lowest BCUT2D eigenvalue weighted by Gasteiger charge is -2.27. The molecule has 16 heavy (non-hydrogen) atoms. The van der Waals surface area contributed by atoms with Gasteiger partial charge >= 0.3 is 0 Å². The van der Waals surface area contributed by atoms with Gasteiger partial charge in [0.15, 0.2) is 0 Å². The molecular formula is C14H30N2. The van der Waals surface area contributed by atoms with Crippen LogP contribution in [0.1, 0.15) is 52.9 Å². The molecule has 0 radical (unpaired) electrons. The van der Waals surface area contributed by atoms with E-state index in [2.05, 4.69) is 38.0 Å². The normalized spacial score (nSPS) is 25.7. The minimum absolute atomic E-state index is 0.684. The van der Waals surface area contributed by atoms with Gasteiger partial charge in [-0.3, -0.25) is 0 Å². The molecule has 0 aromatic heterocycles. The van der Waals surface area contributed by atoms with Crippen molar-refractivity contribution in [2.24, 2.45) is 5.92 Å². The summed E-state index contributed by atoms with van der Waals surface area (Å²) < 4.78 is 0. The minimum Gasteiger partial charge on any atom is -0.311 e. The lowest BCUT2D eigenvalue weighted by Crippen LogP contribution is -2.41. The Bertz CT molecular complexity index is 178. The van der Waals surface area contributed by atoms with Gasteiger partial charge in [-0.05, 0) is 52.2 Å². The van der Waals surface area contributed by atoms with Crippen LogP contribution in [0.3, 0.4) is 0 Å². The van der Waals surface area contributed by atoms with Crippen LogP contribution in [0.15, 0.2) is 0 Å². The summed E-state index contributed by atoms with van der Waals surface area (Å²) in [5.41, 5.74) is 0. The highest BCUT2D eigenvalue weighted by atomic mass is 15.1. The van der Waals surface area contributed by atoms with Crippen molar-refractivity contribution in [3.63, 3.8) is 0 Å². The molecule has 2 unspecified atom stereocenters. The van der Waals surface area contributed by atoms with E-state index < -0.39 is 0 Å². The maximum absolute atomic E-state index is 3.85. The molecule has 1 saturated heterocycles. The third kappa shape index (κ3) is 4.42. The van der Waals surface area contributed by atoms with Crippen LogP contribution in [0.2, 0.25) is 0 Å². The summed E-state index contributed by atoms with van der Waals surface area (Å²) in [6.07, 6.45) is 6.63. The maximum Gasteiger partial charge on any atom is 0.00823 e. The molecule has 1 heterocycles. The predicted molar refractivity (Wildman–Crippen MR) is 71.8 cm³/mol. The summed E-state index contributed by atoms with van der Waals surface area (Å²) in [5.74, 6) is 0.848. The van der Waals surface area contributed by atoms with Crippen LogP contribution in [0.4, 0.5) is 0 Å². The van der Waals surface area contributed by atoms with Crippen LogP contribution in [0.25, 0.3) is 0 Å². The molecule has 0 spiro atoms. The van der Waals surface area contributed by atoms with E-state index >= 15 is 0 Å². The summed E-state index contributed by atoms with van der Waals surface area (Å²) in [7, 11) is 2.24. The van der Waals surface area contributed by atoms with Crippen molar-refractivity contribution in [1.82, 2.24) is 10.2 Å². The van der Waals surface area contributed by atoms with Gasteiger partial charge < -0.3 is 10.2 Å². The number of rotatable bonds is 5. The van der Waals surface area contributed by atoms with Crippen molar-refractivity contribution < 1.29 is 0 Å². The van der Waals surface area contributed by atoms with Gasteiger partial charge in [0, 0.05) is 12.1 Å². The average molecular weight is 226 g/mol. The molecule has 1 aliphatic rings. The van der Waals surface area contributed by atoms with Crippen molar-refractivity contribution in [1.29, 1.82) is 0 Å². The molecule has 2 nitrogen and oxygen atoms in total. The van der Waals surface area contributed by atoms with Gasteiger partial charge in [0.2, 0.25) is 0 Å². The Hall–Kier alpha value is -0.0800. The molecule has 1 rings (SSSR count). The Morgan fingerprint density at radius 1 is 1.19 bits per heavy atom. The smallest absolute Gasteiger partial charge is 0.00823 e. The fourth-order valence-electron chi connectivity index (χ4n) is 2.91. The van der Waals surface area contributed by atoms with Crippen LogP contribution in [-0.2, 0) is 0 Å². The predicted octanol–water partition coefficient (Wildman–Crippen LogP) is 2.89. The SMILES string of the molecule is CCC(CC)C(C)NC1CCCN(C)CC1. The van der Waals surface area contributed by atoms with Gasteiger partial charge in [0.05, 0.1) is 0 Å². The van der Waals surface area contributed by atoms with Crippen molar-refractivity contribution in [2.75, 3.05) is 20.1 Å². The molecule has 0 amide bonds. The molecule has 96 valence electrons. The Labute approximate surface area is 102 Å². The molecule has 0 aliphatic carbocycles. The number of nitrogens with zero attached hydrogens (tertiary/aromatic N) is 1. The highest BCUT2D eigenvalue weighted by Crippen LogP contribution is 2.16. The van der Waals surface area contributed by atoms with E-state index in [1.54, 1.807) is 0 Å². The molecule has 2 atom stereocenters. The fraction of sp³-hybridized carbons (Fsp3) is 1.00. The first-order valence-electron chi connectivity index (χ1n) is 7.11. The summed E-state index contributed by atoms with van der Waals surface area (Å²) >= 11 is 0. The van der Waals surface area contributed by atoms with E-state index in [4.69, 9.17) is 0 Å². The standard InChI is InChI=1S/C14H30N2/c1-5-13(6-2)12(3)15-14-8-7-10-16(4)11-9-14/h12-15H,5-11H2,1-4H3. The highest BCUT2D eigenvalue weighted by molar-refractivity contribution is 4.79. The third-order valence-electron chi connectivity index (χ3n) is 4.21. The fourth-order valence-corrected chi connectivity index (χ4v) is 2.91. The van der Waals surface area contributed by atoms with Gasteiger partial charge in [0.25, 0.3) is 0 Å². The van der Waals surface area contributed by atoms with Crippen LogP contribution in [0.5, 0.6) is 0 Å². The minimum atomic E-state index is 0.684. The van der Waals surface area contributed by atoms with Crippen molar-refractivity contribution >= 4 is 0 Å². The van der Waals surface area contributed by atoms with Gasteiger partial charge in [0.1, 0.15) is 0 Å². The number of nitrogens with one attached hydrogen (secondary N) is 1. The molecule has 0 saturated carbocycles. The lowest BCUT2D eigenvalue weighted by atomic mass is 9.94. The summed E-state index contributed by atoms with van der Waals surface area (Å²) in [4.78, 5) is 2.46. The number of hydrogen-bond acceptors (Lipinski definition) is 2. The zero-order valence-corrected chi connectivity index (χ0v) is 11.6. The van der Waals surface area contributed by atoms with Gasteiger partial charge in [-0.1, -0.05) is 26.7 Å². The molecule has 0 aromatic carbocycles. The first-order chi connectivity index (χ1) is 7.67. The second-order valence-corrected chi connectivity index (χ2v) is 5.46. The van der Waals surface area contributed by atoms with Gasteiger partial charge in [-0.25, -0.2) is 0 Å². The molecule has 0 bridgehead atoms. The summed E-state index contributed by atoms with van der Waals surface area (Å²) in [6, 6.07) is 1.43. The quantitative estimate of drug-likeness (QED) is 0.775. The monoisotopic (exact) mass is 226 g/mol. The molecule has 1 aliphatic heterocycles. The first kappa shape index (κ1) is 14.0. The second-order valence-electron chi connectivity index (χ2n) is 5.46. The van der Waals surface area contributed by atoms with Crippen LogP contribution < -0.4 is 5.32 Å². The summed E-state index contributed by atoms with van der Waals surface area (Å²) in [5, 5.41) is 3.85. The van der Waals surface area contributed by atoms with Crippen LogP contribution in [0, 0.1) is 5.92 Å². The molecule has 1 fully saturated rings. The van der Waals surface area contributed by atoms with Gasteiger partial charge in [-0.2, -0.15) is 0 Å². The van der Waals surface area contributed by atoms with Gasteiger partial charge in [-0.15, -0.1) is 0 Å². The van der Waals surface area contributed by atoms with Crippen molar-refractivity contribution in [3.05, 3.63) is 0 Å². The van der Waals surface area contributed by atoms with E-state index in [1.807, 2.05) is 0 Å². The van der Waals surface area contributed by atoms with E-state index in [9.17, 15) is 0 Å². The number of hydrogen-bond donors (Lipinski definition) is 1. The zero-order chi connectivity index (χ0) is 12.0.